The predicted molar refractivity (Wildman–Crippen MR) is 117 cm³/mol. The summed E-state index contributed by atoms with van der Waals surface area (Å²) >= 11 is 0. The highest BCUT2D eigenvalue weighted by atomic mass is 16.5. The molecule has 1 heterocycles. The number of benzene rings is 3. The number of methoxy groups -OCH3 is 2. The van der Waals surface area contributed by atoms with Crippen molar-refractivity contribution in [2.45, 2.75) is 6.92 Å². The molecule has 6 nitrogen and oxygen atoms in total. The number of ether oxygens (including phenoxy) is 2. The molecule has 0 saturated heterocycles. The molecule has 1 N–H and O–H groups in total. The predicted octanol–water partition coefficient (Wildman–Crippen LogP) is 4.87. The summed E-state index contributed by atoms with van der Waals surface area (Å²) in [6.07, 6.45) is 1.74. The summed E-state index contributed by atoms with van der Waals surface area (Å²) < 4.78 is 10.5. The summed E-state index contributed by atoms with van der Waals surface area (Å²) in [7, 11) is 3.10. The van der Waals surface area contributed by atoms with E-state index < -0.39 is 0 Å². The molecule has 4 aromatic rings. The molecule has 0 spiro atoms. The van der Waals surface area contributed by atoms with E-state index in [1.54, 1.807) is 31.5 Å². The minimum atomic E-state index is -0.235. The van der Waals surface area contributed by atoms with Gasteiger partial charge >= 0.3 is 0 Å². The maximum absolute atomic E-state index is 12.8. The lowest BCUT2D eigenvalue weighted by Gasteiger charge is -2.12. The Morgan fingerprint density at radius 1 is 0.900 bits per heavy atom. The molecule has 0 aliphatic rings. The van der Waals surface area contributed by atoms with E-state index in [0.29, 0.717) is 22.7 Å². The van der Waals surface area contributed by atoms with Gasteiger partial charge in [-0.1, -0.05) is 24.3 Å². The maximum atomic E-state index is 12.8. The first-order valence-corrected chi connectivity index (χ1v) is 9.45. The van der Waals surface area contributed by atoms with Crippen molar-refractivity contribution >= 4 is 22.6 Å². The van der Waals surface area contributed by atoms with Crippen molar-refractivity contribution in [3.8, 4) is 22.8 Å². The number of fused-ring (bicyclic) bond motifs is 1. The highest BCUT2D eigenvalue weighted by Gasteiger charge is 2.13. The Bertz CT molecular complexity index is 1240. The van der Waals surface area contributed by atoms with Crippen LogP contribution in [0.15, 0.2) is 66.9 Å². The second kappa shape index (κ2) is 8.21. The topological polar surface area (TPSA) is 73.3 Å². The third-order valence-electron chi connectivity index (χ3n) is 4.88. The Labute approximate surface area is 174 Å². The van der Waals surface area contributed by atoms with Gasteiger partial charge in [0.25, 0.3) is 5.91 Å². The summed E-state index contributed by atoms with van der Waals surface area (Å²) in [6.45, 7) is 1.94. The molecule has 0 bridgehead atoms. The molecule has 30 heavy (non-hydrogen) atoms. The van der Waals surface area contributed by atoms with Gasteiger partial charge in [-0.2, -0.15) is 0 Å². The molecule has 3 aromatic carbocycles. The van der Waals surface area contributed by atoms with Crippen LogP contribution in [0.2, 0.25) is 0 Å². The molecule has 6 heteroatoms. The van der Waals surface area contributed by atoms with E-state index in [1.807, 2.05) is 49.4 Å². The molecule has 0 aliphatic heterocycles. The number of nitrogens with one attached hydrogen (secondary N) is 1. The van der Waals surface area contributed by atoms with E-state index in [1.165, 1.54) is 7.11 Å². The van der Waals surface area contributed by atoms with Gasteiger partial charge in [0.15, 0.2) is 11.5 Å². The summed E-state index contributed by atoms with van der Waals surface area (Å²) in [5.74, 6) is 0.838. The lowest BCUT2D eigenvalue weighted by molar-refractivity contribution is 0.102. The smallest absolute Gasteiger partial charge is 0.255 e. The van der Waals surface area contributed by atoms with Crippen molar-refractivity contribution in [1.82, 2.24) is 9.97 Å². The average molecular weight is 399 g/mol. The molecule has 0 fully saturated rings. The first-order valence-electron chi connectivity index (χ1n) is 9.45. The van der Waals surface area contributed by atoms with Crippen molar-refractivity contribution in [3.05, 3.63) is 78.0 Å². The van der Waals surface area contributed by atoms with Crippen LogP contribution in [0.5, 0.6) is 11.5 Å². The molecule has 0 saturated carbocycles. The molecule has 0 aliphatic carbocycles. The second-order valence-electron chi connectivity index (χ2n) is 6.80. The van der Waals surface area contributed by atoms with Crippen LogP contribution in [0.4, 0.5) is 5.69 Å². The zero-order valence-corrected chi connectivity index (χ0v) is 17.0. The molecule has 150 valence electrons. The third-order valence-corrected chi connectivity index (χ3v) is 4.88. The Hall–Kier alpha value is -3.93. The highest BCUT2D eigenvalue weighted by molar-refractivity contribution is 6.05. The van der Waals surface area contributed by atoms with Gasteiger partial charge in [0.05, 0.1) is 37.1 Å². The Kier molecular flexibility index (Phi) is 5.30. The van der Waals surface area contributed by atoms with E-state index >= 15 is 0 Å². The van der Waals surface area contributed by atoms with Crippen LogP contribution in [0.25, 0.3) is 22.3 Å². The summed E-state index contributed by atoms with van der Waals surface area (Å²) in [4.78, 5) is 22.0. The number of amides is 1. The van der Waals surface area contributed by atoms with Crippen LogP contribution in [0.1, 0.15) is 15.9 Å². The third kappa shape index (κ3) is 3.80. The van der Waals surface area contributed by atoms with E-state index in [2.05, 4.69) is 15.3 Å². The minimum absolute atomic E-state index is 0.235. The van der Waals surface area contributed by atoms with Gasteiger partial charge in [0.1, 0.15) is 0 Å². The quantitative estimate of drug-likeness (QED) is 0.518. The maximum Gasteiger partial charge on any atom is 0.255 e. The van der Waals surface area contributed by atoms with Crippen LogP contribution in [-0.2, 0) is 0 Å². The van der Waals surface area contributed by atoms with E-state index in [9.17, 15) is 4.79 Å². The number of para-hydroxylation sites is 2. The van der Waals surface area contributed by atoms with Crippen molar-refractivity contribution < 1.29 is 14.3 Å². The van der Waals surface area contributed by atoms with Gasteiger partial charge in [-0.3, -0.25) is 9.78 Å². The van der Waals surface area contributed by atoms with Gasteiger partial charge in [0.2, 0.25) is 0 Å². The first kappa shape index (κ1) is 19.4. The fourth-order valence-corrected chi connectivity index (χ4v) is 3.18. The molecule has 1 amide bonds. The first-order chi connectivity index (χ1) is 14.6. The van der Waals surface area contributed by atoms with Crippen LogP contribution < -0.4 is 14.8 Å². The van der Waals surface area contributed by atoms with E-state index in [4.69, 9.17) is 9.47 Å². The van der Waals surface area contributed by atoms with Crippen molar-refractivity contribution in [2.24, 2.45) is 0 Å². The zero-order valence-electron chi connectivity index (χ0n) is 17.0. The van der Waals surface area contributed by atoms with Gasteiger partial charge in [-0.05, 0) is 48.9 Å². The van der Waals surface area contributed by atoms with Crippen LogP contribution in [-0.4, -0.2) is 30.1 Å². The standard InChI is InChI=1S/C24H21N3O3/c1-15-8-9-16(21-14-25-18-6-4-5-7-19(18)26-21)12-20(15)27-24(28)17-10-11-22(29-2)23(13-17)30-3/h4-14H,1-3H3,(H,27,28). The Morgan fingerprint density at radius 2 is 1.67 bits per heavy atom. The number of anilines is 1. The molecule has 0 unspecified atom stereocenters. The lowest BCUT2D eigenvalue weighted by atomic mass is 10.1. The van der Waals surface area contributed by atoms with Gasteiger partial charge in [0, 0.05) is 16.8 Å². The number of hydrogen-bond acceptors (Lipinski definition) is 5. The van der Waals surface area contributed by atoms with Crippen LogP contribution in [0.3, 0.4) is 0 Å². The highest BCUT2D eigenvalue weighted by Crippen LogP contribution is 2.29. The van der Waals surface area contributed by atoms with Gasteiger partial charge in [-0.15, -0.1) is 0 Å². The molecule has 0 atom stereocenters. The monoisotopic (exact) mass is 399 g/mol. The van der Waals surface area contributed by atoms with E-state index in [0.717, 1.165) is 27.9 Å². The number of aryl methyl sites for hydroxylation is 1. The molecular weight excluding hydrogens is 378 g/mol. The van der Waals surface area contributed by atoms with Crippen molar-refractivity contribution in [1.29, 1.82) is 0 Å². The summed E-state index contributed by atoms with van der Waals surface area (Å²) in [6, 6.07) is 18.6. The molecule has 4 rings (SSSR count). The largest absolute Gasteiger partial charge is 0.493 e. The number of rotatable bonds is 5. The number of carbonyl (C=O) groups is 1. The normalized spacial score (nSPS) is 10.6. The summed E-state index contributed by atoms with van der Waals surface area (Å²) in [5.41, 5.74) is 5.42. The van der Waals surface area contributed by atoms with Crippen molar-refractivity contribution in [2.75, 3.05) is 19.5 Å². The SMILES string of the molecule is COc1ccc(C(=O)Nc2cc(-c3cnc4ccccc4n3)ccc2C)cc1OC. The molecule has 1 aromatic heterocycles. The number of carbonyl (C=O) groups excluding carboxylic acids is 1. The molecular formula is C24H21N3O3. The minimum Gasteiger partial charge on any atom is -0.493 e. The summed E-state index contributed by atoms with van der Waals surface area (Å²) in [5, 5.41) is 2.98. The number of nitrogens with zero attached hydrogens (tertiary/aromatic N) is 2. The van der Waals surface area contributed by atoms with Gasteiger partial charge < -0.3 is 14.8 Å². The van der Waals surface area contributed by atoms with Gasteiger partial charge in [-0.25, -0.2) is 4.98 Å². The fraction of sp³-hybridized carbons (Fsp3) is 0.125. The average Bonchev–Trinajstić information content (AvgIpc) is 2.79. The Morgan fingerprint density at radius 3 is 2.43 bits per heavy atom. The number of aromatic nitrogens is 2. The zero-order chi connectivity index (χ0) is 21.1. The fourth-order valence-electron chi connectivity index (χ4n) is 3.18. The number of hydrogen-bond donors (Lipinski definition) is 1. The second-order valence-corrected chi connectivity index (χ2v) is 6.80. The lowest BCUT2D eigenvalue weighted by Crippen LogP contribution is -2.13. The van der Waals surface area contributed by atoms with Crippen LogP contribution in [0, 0.1) is 6.92 Å². The molecule has 0 radical (unpaired) electrons. The van der Waals surface area contributed by atoms with Crippen LogP contribution >= 0.6 is 0 Å². The van der Waals surface area contributed by atoms with E-state index in [-0.39, 0.29) is 5.91 Å². The Balaban J connectivity index is 1.64. The van der Waals surface area contributed by atoms with Crippen molar-refractivity contribution in [3.63, 3.8) is 0 Å².